The molecular weight excluding hydrogens is 512 g/mol. The van der Waals surface area contributed by atoms with Crippen molar-refractivity contribution in [3.63, 3.8) is 0 Å². The highest BCUT2D eigenvalue weighted by molar-refractivity contribution is 5.70. The van der Waals surface area contributed by atoms with Gasteiger partial charge in [-0.05, 0) is 112 Å². The Hall–Kier alpha value is -3.38. The Balaban J connectivity index is 1.50. The molecule has 6 heteroatoms. The van der Waals surface area contributed by atoms with Crippen LogP contribution in [0.4, 0.5) is 0 Å². The number of fused-ring (bicyclic) bond motifs is 1. The van der Waals surface area contributed by atoms with Crippen molar-refractivity contribution in [2.45, 2.75) is 96.9 Å². The molecule has 2 aliphatic rings. The van der Waals surface area contributed by atoms with Crippen LogP contribution in [-0.2, 0) is 24.2 Å². The topological polar surface area (TPSA) is 71.9 Å². The molecule has 41 heavy (non-hydrogen) atoms. The van der Waals surface area contributed by atoms with Gasteiger partial charge in [0.1, 0.15) is 11.9 Å². The molecule has 2 aromatic carbocycles. The molecular formula is C35H44N2O4. The molecule has 0 amide bonds. The van der Waals surface area contributed by atoms with E-state index in [4.69, 9.17) is 9.47 Å². The normalized spacial score (nSPS) is 20.5. The molecule has 1 fully saturated rings. The molecule has 0 bridgehead atoms. The Kier molecular flexibility index (Phi) is 8.15. The number of aliphatic carboxylic acids is 1. The molecule has 1 unspecified atom stereocenters. The average Bonchev–Trinajstić information content (AvgIpc) is 2.94. The summed E-state index contributed by atoms with van der Waals surface area (Å²) in [7, 11) is 1.65. The lowest BCUT2D eigenvalue weighted by Crippen LogP contribution is -2.57. The van der Waals surface area contributed by atoms with Crippen molar-refractivity contribution >= 4 is 5.97 Å². The molecule has 218 valence electrons. The summed E-state index contributed by atoms with van der Waals surface area (Å²) in [6.07, 6.45) is 7.68. The number of nitrogens with zero attached hydrogens (tertiary/aromatic N) is 2. The van der Waals surface area contributed by atoms with Crippen LogP contribution >= 0.6 is 0 Å². The Labute approximate surface area is 244 Å². The summed E-state index contributed by atoms with van der Waals surface area (Å²) in [6, 6.07) is 17.0. The van der Waals surface area contributed by atoms with Gasteiger partial charge in [0.25, 0.3) is 0 Å². The quantitative estimate of drug-likeness (QED) is 0.308. The molecule has 6 nitrogen and oxygen atoms in total. The third-order valence-corrected chi connectivity index (χ3v) is 9.16. The minimum atomic E-state index is -0.777. The minimum Gasteiger partial charge on any atom is -0.485 e. The zero-order valence-electron chi connectivity index (χ0n) is 25.4. The average molecular weight is 557 g/mol. The lowest BCUT2D eigenvalue weighted by atomic mass is 9.79. The van der Waals surface area contributed by atoms with Crippen molar-refractivity contribution in [3.8, 4) is 22.8 Å². The summed E-state index contributed by atoms with van der Waals surface area (Å²) in [6.45, 7) is 12.1. The fraction of sp³-hybridized carbons (Fsp3) is 0.486. The molecule has 1 saturated heterocycles. The van der Waals surface area contributed by atoms with Crippen LogP contribution in [0.5, 0.6) is 11.6 Å². The van der Waals surface area contributed by atoms with Crippen molar-refractivity contribution < 1.29 is 19.4 Å². The zero-order chi connectivity index (χ0) is 29.4. The molecule has 0 saturated carbocycles. The van der Waals surface area contributed by atoms with Gasteiger partial charge in [0.2, 0.25) is 5.88 Å². The predicted molar refractivity (Wildman–Crippen MR) is 162 cm³/mol. The Morgan fingerprint density at radius 2 is 1.85 bits per heavy atom. The third kappa shape index (κ3) is 6.28. The smallest absolute Gasteiger partial charge is 0.306 e. The van der Waals surface area contributed by atoms with E-state index in [0.717, 1.165) is 36.3 Å². The van der Waals surface area contributed by atoms with Crippen LogP contribution in [0.15, 0.2) is 54.7 Å². The highest BCUT2D eigenvalue weighted by Crippen LogP contribution is 2.42. The van der Waals surface area contributed by atoms with Crippen molar-refractivity contribution in [1.82, 2.24) is 9.88 Å². The highest BCUT2D eigenvalue weighted by Gasteiger charge is 2.41. The number of aromatic nitrogens is 1. The van der Waals surface area contributed by atoms with Gasteiger partial charge in [-0.25, -0.2) is 4.98 Å². The van der Waals surface area contributed by atoms with Crippen molar-refractivity contribution in [2.75, 3.05) is 7.11 Å². The highest BCUT2D eigenvalue weighted by atomic mass is 16.5. The Morgan fingerprint density at radius 1 is 1.10 bits per heavy atom. The van der Waals surface area contributed by atoms with Gasteiger partial charge in [0.05, 0.1) is 13.0 Å². The van der Waals surface area contributed by atoms with Gasteiger partial charge in [-0.1, -0.05) is 37.3 Å². The van der Waals surface area contributed by atoms with Gasteiger partial charge < -0.3 is 14.6 Å². The van der Waals surface area contributed by atoms with Crippen LogP contribution in [0.3, 0.4) is 0 Å². The lowest BCUT2D eigenvalue weighted by Gasteiger charge is -2.53. The predicted octanol–water partition coefficient (Wildman–Crippen LogP) is 7.63. The summed E-state index contributed by atoms with van der Waals surface area (Å²) >= 11 is 0. The summed E-state index contributed by atoms with van der Waals surface area (Å²) < 4.78 is 12.1. The number of carbonyl (C=O) groups is 1. The van der Waals surface area contributed by atoms with E-state index in [1.54, 1.807) is 14.0 Å². The van der Waals surface area contributed by atoms with E-state index in [1.165, 1.54) is 41.5 Å². The van der Waals surface area contributed by atoms with Gasteiger partial charge in [-0.15, -0.1) is 0 Å². The number of piperidine rings is 1. The van der Waals surface area contributed by atoms with Crippen molar-refractivity contribution in [1.29, 1.82) is 0 Å². The number of carboxylic acids is 1. The number of hydrogen-bond acceptors (Lipinski definition) is 5. The van der Waals surface area contributed by atoms with E-state index >= 15 is 0 Å². The van der Waals surface area contributed by atoms with E-state index in [0.29, 0.717) is 12.3 Å². The van der Waals surface area contributed by atoms with E-state index in [9.17, 15) is 9.90 Å². The fourth-order valence-electron chi connectivity index (χ4n) is 6.77. The maximum atomic E-state index is 11.4. The van der Waals surface area contributed by atoms with Crippen LogP contribution < -0.4 is 9.47 Å². The van der Waals surface area contributed by atoms with Crippen molar-refractivity contribution in [2.24, 2.45) is 5.92 Å². The summed E-state index contributed by atoms with van der Waals surface area (Å²) in [5.41, 5.74) is 7.10. The number of methoxy groups -OCH3 is 1. The van der Waals surface area contributed by atoms with Crippen molar-refractivity contribution in [3.05, 3.63) is 77.0 Å². The monoisotopic (exact) mass is 556 g/mol. The van der Waals surface area contributed by atoms with E-state index in [2.05, 4.69) is 67.9 Å². The number of aryl methyl sites for hydroxylation is 1. The van der Waals surface area contributed by atoms with Gasteiger partial charge in [-0.2, -0.15) is 0 Å². The molecule has 2 atom stereocenters. The number of hydrogen-bond donors (Lipinski definition) is 1. The molecule has 2 aliphatic heterocycles. The van der Waals surface area contributed by atoms with Crippen LogP contribution in [0.2, 0.25) is 0 Å². The molecule has 0 radical (unpaired) electrons. The van der Waals surface area contributed by atoms with Gasteiger partial charge in [0.15, 0.2) is 0 Å². The van der Waals surface area contributed by atoms with Crippen LogP contribution in [0.1, 0.15) is 88.7 Å². The lowest BCUT2D eigenvalue weighted by molar-refractivity contribution is -0.141. The first kappa shape index (κ1) is 29.1. The molecule has 1 N–H and O–H groups in total. The largest absolute Gasteiger partial charge is 0.485 e. The number of pyridine rings is 1. The van der Waals surface area contributed by atoms with Gasteiger partial charge in [0, 0.05) is 29.9 Å². The van der Waals surface area contributed by atoms with E-state index < -0.39 is 11.9 Å². The van der Waals surface area contributed by atoms with Gasteiger partial charge >= 0.3 is 5.97 Å². The molecule has 1 aromatic heterocycles. The molecule has 3 aromatic rings. The summed E-state index contributed by atoms with van der Waals surface area (Å²) in [5.74, 6) is 0.272. The second-order valence-electron chi connectivity index (χ2n) is 13.1. The van der Waals surface area contributed by atoms with Gasteiger partial charge in [-0.3, -0.25) is 9.69 Å². The zero-order valence-corrected chi connectivity index (χ0v) is 25.4. The number of benzene rings is 2. The molecule has 0 aliphatic carbocycles. The first-order valence-corrected chi connectivity index (χ1v) is 14.9. The first-order chi connectivity index (χ1) is 19.5. The second kappa shape index (κ2) is 11.5. The first-order valence-electron chi connectivity index (χ1n) is 14.9. The summed E-state index contributed by atoms with van der Waals surface area (Å²) in [4.78, 5) is 18.4. The number of ether oxygens (including phenoxy) is 2. The maximum absolute atomic E-state index is 11.4. The Bertz CT molecular complexity index is 1400. The third-order valence-electron chi connectivity index (χ3n) is 9.16. The van der Waals surface area contributed by atoms with Crippen LogP contribution in [-0.4, -0.2) is 39.1 Å². The second-order valence-corrected chi connectivity index (χ2v) is 13.1. The van der Waals surface area contributed by atoms with E-state index in [-0.39, 0.29) is 17.2 Å². The number of rotatable bonds is 8. The molecule has 3 heterocycles. The molecule has 0 spiro atoms. The standard InChI is InChI=1S/C35H44N2O4/c1-23(33(38)39)18-24-8-9-25-11-13-30(41-31(25)19-24)27-10-12-29(26-14-17-36-32(21-26)40-6)28(20-27)22-37-34(2,3)15-7-16-35(37,4)5/h8-10,12,14,17,19-21,23,30H,7,11,13,15-16,18,22H2,1-6H3,(H,38,39)/t23?,30-/m0/s1. The number of likely N-dealkylation sites (tertiary alicyclic amines) is 1. The van der Waals surface area contributed by atoms with Crippen LogP contribution in [0.25, 0.3) is 11.1 Å². The SMILES string of the molecule is COc1cc(-c2ccc([C@@H]3CCc4ccc(CC(C)C(=O)O)cc4O3)cc2CN2C(C)(C)CCCC2(C)C)ccn1. The molecule has 5 rings (SSSR count). The van der Waals surface area contributed by atoms with Crippen LogP contribution in [0, 0.1) is 5.92 Å². The Morgan fingerprint density at radius 3 is 2.56 bits per heavy atom. The summed E-state index contributed by atoms with van der Waals surface area (Å²) in [5, 5.41) is 9.37. The maximum Gasteiger partial charge on any atom is 0.306 e. The van der Waals surface area contributed by atoms with E-state index in [1.807, 2.05) is 24.4 Å². The number of carboxylic acid groups (broad SMARTS) is 1. The fourth-order valence-corrected chi connectivity index (χ4v) is 6.77. The minimum absolute atomic E-state index is 0.0585.